The van der Waals surface area contributed by atoms with Crippen LogP contribution < -0.4 is 10.8 Å². The Balaban J connectivity index is 1.73. The monoisotopic (exact) mass is 282 g/mol. The Hall–Kier alpha value is -2.86. The highest BCUT2D eigenvalue weighted by Gasteiger charge is 2.04. The first-order valence-electron chi connectivity index (χ1n) is 6.47. The smallest absolute Gasteiger partial charge is 0.274 e. The number of hydroxylamine groups is 1. The van der Waals surface area contributed by atoms with Gasteiger partial charge in [0, 0.05) is 17.5 Å². The van der Waals surface area contributed by atoms with E-state index in [0.29, 0.717) is 12.1 Å². The van der Waals surface area contributed by atoms with Gasteiger partial charge in [-0.15, -0.1) is 0 Å². The van der Waals surface area contributed by atoms with Crippen molar-refractivity contribution in [2.45, 2.75) is 6.54 Å². The second-order valence-corrected chi connectivity index (χ2v) is 4.63. The number of hydrogen-bond acceptors (Lipinski definition) is 4. The molecule has 1 aromatic heterocycles. The van der Waals surface area contributed by atoms with Gasteiger partial charge in [0.25, 0.3) is 5.91 Å². The van der Waals surface area contributed by atoms with Crippen LogP contribution in [0, 0.1) is 0 Å². The van der Waals surface area contributed by atoms with Crippen molar-refractivity contribution in [1.82, 2.24) is 15.7 Å². The predicted octanol–water partition coefficient (Wildman–Crippen LogP) is 2.29. The molecule has 0 aliphatic heterocycles. The minimum absolute atomic E-state index is 0.414. The van der Waals surface area contributed by atoms with Crippen molar-refractivity contribution < 1.29 is 10.0 Å². The first kappa shape index (κ1) is 13.1. The van der Waals surface area contributed by atoms with Crippen LogP contribution in [0.1, 0.15) is 15.9 Å². The molecule has 106 valence electrons. The molecule has 0 bridgehead atoms. The number of amides is 1. The summed E-state index contributed by atoms with van der Waals surface area (Å²) >= 11 is 0. The van der Waals surface area contributed by atoms with Crippen molar-refractivity contribution in [3.05, 3.63) is 59.8 Å². The number of benzene rings is 2. The van der Waals surface area contributed by atoms with E-state index in [1.807, 2.05) is 30.3 Å². The molecule has 0 radical (unpaired) electrons. The third-order valence-electron chi connectivity index (χ3n) is 3.28. The first-order chi connectivity index (χ1) is 10.3. The molecular formula is C15H14N4O2. The molecule has 0 spiro atoms. The number of fused-ring (bicyclic) bond motifs is 1. The summed E-state index contributed by atoms with van der Waals surface area (Å²) in [5, 5.41) is 19.9. The summed E-state index contributed by atoms with van der Waals surface area (Å²) in [5.74, 6) is -0.517. The van der Waals surface area contributed by atoms with E-state index in [1.54, 1.807) is 23.8 Å². The van der Waals surface area contributed by atoms with Crippen LogP contribution in [-0.4, -0.2) is 21.3 Å². The minimum Gasteiger partial charge on any atom is -0.379 e. The molecule has 21 heavy (non-hydrogen) atoms. The Bertz CT molecular complexity index is 765. The standard InChI is InChI=1S/C15H14N4O2/c20-15(19-21)11-6-4-10(5-7-11)8-16-13-3-1-2-12-9-17-18-14(12)13/h1-7,9,16,21H,8H2,(H,17,18)(H,19,20). The highest BCUT2D eigenvalue weighted by molar-refractivity contribution is 5.93. The molecule has 3 aromatic rings. The SMILES string of the molecule is O=C(NO)c1ccc(CNc2cccc3cn[nH]c23)cc1. The first-order valence-corrected chi connectivity index (χ1v) is 6.47. The van der Waals surface area contributed by atoms with Crippen LogP contribution in [-0.2, 0) is 6.54 Å². The maximum absolute atomic E-state index is 11.2. The van der Waals surface area contributed by atoms with Crippen LogP contribution in [0.4, 0.5) is 5.69 Å². The molecule has 0 unspecified atom stereocenters. The van der Waals surface area contributed by atoms with Gasteiger partial charge in [-0.25, -0.2) is 5.48 Å². The van der Waals surface area contributed by atoms with Crippen LogP contribution >= 0.6 is 0 Å². The molecule has 6 nitrogen and oxygen atoms in total. The molecule has 3 rings (SSSR count). The van der Waals surface area contributed by atoms with Gasteiger partial charge in [0.15, 0.2) is 0 Å². The average molecular weight is 282 g/mol. The normalized spacial score (nSPS) is 10.5. The van der Waals surface area contributed by atoms with Gasteiger partial charge in [-0.2, -0.15) is 5.10 Å². The number of aromatic amines is 1. The second kappa shape index (κ2) is 5.64. The van der Waals surface area contributed by atoms with Crippen LogP contribution in [0.3, 0.4) is 0 Å². The lowest BCUT2D eigenvalue weighted by Gasteiger charge is -2.08. The number of nitrogens with one attached hydrogen (secondary N) is 3. The summed E-state index contributed by atoms with van der Waals surface area (Å²) in [6.45, 7) is 0.624. The van der Waals surface area contributed by atoms with Gasteiger partial charge >= 0.3 is 0 Å². The zero-order valence-electron chi connectivity index (χ0n) is 11.1. The topological polar surface area (TPSA) is 90.0 Å². The van der Waals surface area contributed by atoms with Crippen molar-refractivity contribution in [1.29, 1.82) is 0 Å². The fourth-order valence-corrected chi connectivity index (χ4v) is 2.15. The Morgan fingerprint density at radius 3 is 2.76 bits per heavy atom. The highest BCUT2D eigenvalue weighted by Crippen LogP contribution is 2.21. The highest BCUT2D eigenvalue weighted by atomic mass is 16.5. The molecule has 0 saturated heterocycles. The van der Waals surface area contributed by atoms with Gasteiger partial charge in [-0.3, -0.25) is 15.1 Å². The number of carbonyl (C=O) groups is 1. The average Bonchev–Trinajstić information content (AvgIpc) is 3.02. The number of para-hydroxylation sites is 1. The number of aromatic nitrogens is 2. The van der Waals surface area contributed by atoms with Crippen molar-refractivity contribution in [3.8, 4) is 0 Å². The lowest BCUT2D eigenvalue weighted by Crippen LogP contribution is -2.18. The van der Waals surface area contributed by atoms with E-state index < -0.39 is 5.91 Å². The number of H-pyrrole nitrogens is 1. The number of nitrogens with zero attached hydrogens (tertiary/aromatic N) is 1. The van der Waals surface area contributed by atoms with Crippen LogP contribution in [0.2, 0.25) is 0 Å². The zero-order chi connectivity index (χ0) is 14.7. The molecule has 0 fully saturated rings. The molecule has 0 aliphatic rings. The van der Waals surface area contributed by atoms with Gasteiger partial charge in [0.05, 0.1) is 17.4 Å². The van der Waals surface area contributed by atoms with Crippen molar-refractivity contribution >= 4 is 22.5 Å². The molecule has 6 heteroatoms. The Morgan fingerprint density at radius 2 is 2.00 bits per heavy atom. The summed E-state index contributed by atoms with van der Waals surface area (Å²) < 4.78 is 0. The van der Waals surface area contributed by atoms with Crippen LogP contribution in [0.25, 0.3) is 10.9 Å². The molecule has 1 heterocycles. The predicted molar refractivity (Wildman–Crippen MR) is 79.1 cm³/mol. The van der Waals surface area contributed by atoms with Gasteiger partial charge in [0.2, 0.25) is 0 Å². The third kappa shape index (κ3) is 2.70. The van der Waals surface area contributed by atoms with E-state index in [1.165, 1.54) is 0 Å². The number of carbonyl (C=O) groups excluding carboxylic acids is 1. The van der Waals surface area contributed by atoms with Gasteiger partial charge < -0.3 is 5.32 Å². The fraction of sp³-hybridized carbons (Fsp3) is 0.0667. The Kier molecular flexibility index (Phi) is 3.53. The Morgan fingerprint density at radius 1 is 1.19 bits per heavy atom. The van der Waals surface area contributed by atoms with E-state index in [0.717, 1.165) is 22.2 Å². The zero-order valence-corrected chi connectivity index (χ0v) is 11.1. The van der Waals surface area contributed by atoms with Crippen molar-refractivity contribution in [2.75, 3.05) is 5.32 Å². The van der Waals surface area contributed by atoms with E-state index in [-0.39, 0.29) is 0 Å². The van der Waals surface area contributed by atoms with E-state index in [9.17, 15) is 4.79 Å². The Labute approximate surface area is 120 Å². The third-order valence-corrected chi connectivity index (χ3v) is 3.28. The van der Waals surface area contributed by atoms with E-state index in [4.69, 9.17) is 5.21 Å². The maximum Gasteiger partial charge on any atom is 0.274 e. The van der Waals surface area contributed by atoms with Gasteiger partial charge in [-0.05, 0) is 23.8 Å². The summed E-state index contributed by atoms with van der Waals surface area (Å²) in [6, 6.07) is 12.9. The number of anilines is 1. The van der Waals surface area contributed by atoms with Crippen LogP contribution in [0.15, 0.2) is 48.7 Å². The molecule has 0 aliphatic carbocycles. The quantitative estimate of drug-likeness (QED) is 0.436. The van der Waals surface area contributed by atoms with Crippen LogP contribution in [0.5, 0.6) is 0 Å². The molecule has 2 aromatic carbocycles. The minimum atomic E-state index is -0.517. The largest absolute Gasteiger partial charge is 0.379 e. The molecule has 0 saturated carbocycles. The summed E-state index contributed by atoms with van der Waals surface area (Å²) in [6.07, 6.45) is 1.78. The van der Waals surface area contributed by atoms with E-state index >= 15 is 0 Å². The lowest BCUT2D eigenvalue weighted by molar-refractivity contribution is 0.0706. The number of hydrogen-bond donors (Lipinski definition) is 4. The summed E-state index contributed by atoms with van der Waals surface area (Å²) in [5.41, 5.74) is 4.99. The molecular weight excluding hydrogens is 268 g/mol. The van der Waals surface area contributed by atoms with Gasteiger partial charge in [-0.1, -0.05) is 24.3 Å². The molecule has 0 atom stereocenters. The van der Waals surface area contributed by atoms with E-state index in [2.05, 4.69) is 15.5 Å². The lowest BCUT2D eigenvalue weighted by atomic mass is 10.1. The van der Waals surface area contributed by atoms with Crippen molar-refractivity contribution in [2.24, 2.45) is 0 Å². The molecule has 1 amide bonds. The van der Waals surface area contributed by atoms with Gasteiger partial charge in [0.1, 0.15) is 0 Å². The maximum atomic E-state index is 11.2. The summed E-state index contributed by atoms with van der Waals surface area (Å²) in [4.78, 5) is 11.2. The fourth-order valence-electron chi connectivity index (χ4n) is 2.15. The summed E-state index contributed by atoms with van der Waals surface area (Å²) in [7, 11) is 0. The number of rotatable bonds is 4. The second-order valence-electron chi connectivity index (χ2n) is 4.63. The van der Waals surface area contributed by atoms with Crippen molar-refractivity contribution in [3.63, 3.8) is 0 Å². The molecule has 4 N–H and O–H groups in total.